The molecule has 1 heterocycles. The third-order valence-electron chi connectivity index (χ3n) is 4.10. The molecule has 3 aromatic carbocycles. The van der Waals surface area contributed by atoms with Gasteiger partial charge < -0.3 is 5.32 Å². The number of fused-ring (bicyclic) bond motifs is 1. The van der Waals surface area contributed by atoms with Crippen molar-refractivity contribution in [3.63, 3.8) is 0 Å². The van der Waals surface area contributed by atoms with Crippen molar-refractivity contribution < 1.29 is 0 Å². The lowest BCUT2D eigenvalue weighted by Gasteiger charge is -2.07. The maximum Gasteiger partial charge on any atom is 0.183 e. The minimum Gasteiger partial charge on any atom is -0.357 e. The van der Waals surface area contributed by atoms with Crippen LogP contribution in [0.1, 0.15) is 11.1 Å². The third kappa shape index (κ3) is 3.77. The second-order valence-corrected chi connectivity index (χ2v) is 6.58. The molecule has 0 unspecified atom stereocenters. The first kappa shape index (κ1) is 18.1. The van der Waals surface area contributed by atoms with E-state index >= 15 is 0 Å². The van der Waals surface area contributed by atoms with Crippen LogP contribution in [-0.4, -0.2) is 4.98 Å². The van der Waals surface area contributed by atoms with Crippen LogP contribution in [0.15, 0.2) is 72.1 Å². The van der Waals surface area contributed by atoms with E-state index in [0.717, 1.165) is 22.9 Å². The van der Waals surface area contributed by atoms with Crippen molar-refractivity contribution in [2.45, 2.75) is 6.54 Å². The number of rotatable bonds is 4. The number of benzene rings is 3. The summed E-state index contributed by atoms with van der Waals surface area (Å²) < 4.78 is 0. The molecule has 0 aliphatic carbocycles. The first-order chi connectivity index (χ1) is 12.3. The summed E-state index contributed by atoms with van der Waals surface area (Å²) in [5.41, 5.74) is 3.76. The van der Waals surface area contributed by atoms with Gasteiger partial charge in [0.1, 0.15) is 0 Å². The van der Waals surface area contributed by atoms with E-state index in [0.29, 0.717) is 5.56 Å². The van der Waals surface area contributed by atoms with Gasteiger partial charge in [-0.2, -0.15) is 5.26 Å². The summed E-state index contributed by atoms with van der Waals surface area (Å²) in [5, 5.41) is 17.8. The van der Waals surface area contributed by atoms with Gasteiger partial charge in [-0.3, -0.25) is 0 Å². The zero-order valence-corrected chi connectivity index (χ0v) is 16.4. The first-order valence-corrected chi connectivity index (χ1v) is 8.88. The highest BCUT2D eigenvalue weighted by atomic mass is 79.9. The highest BCUT2D eigenvalue weighted by Gasteiger charge is 2.06. The quantitative estimate of drug-likeness (QED) is 0.437. The maximum atomic E-state index is 9.03. The van der Waals surface area contributed by atoms with Crippen LogP contribution >= 0.6 is 28.3 Å². The lowest BCUT2D eigenvalue weighted by Crippen LogP contribution is -1.99. The summed E-state index contributed by atoms with van der Waals surface area (Å²) >= 11 is 1.58. The number of nitrogens with one attached hydrogen (secondary N) is 1. The average molecular weight is 422 g/mol. The van der Waals surface area contributed by atoms with Crippen molar-refractivity contribution in [1.82, 2.24) is 4.98 Å². The number of thiazole rings is 1. The number of hydrogen-bond donors (Lipinski definition) is 1. The Labute approximate surface area is 166 Å². The van der Waals surface area contributed by atoms with Crippen LogP contribution in [0.25, 0.3) is 22.0 Å². The van der Waals surface area contributed by atoms with Gasteiger partial charge in [0.2, 0.25) is 0 Å². The molecule has 0 spiro atoms. The fourth-order valence-electron chi connectivity index (χ4n) is 2.85. The molecule has 0 amide bonds. The summed E-state index contributed by atoms with van der Waals surface area (Å²) in [5.74, 6) is 0. The Morgan fingerprint density at radius 1 is 1.00 bits per heavy atom. The first-order valence-electron chi connectivity index (χ1n) is 8.00. The molecule has 0 saturated heterocycles. The standard InChI is InChI=1S/C21H15N3S.BrH/c22-12-15-5-3-8-17(11-15)20-14-25-21(24-20)23-13-18-9-4-7-16-6-1-2-10-19(16)18;/h1-11,14H,13H2,(H,23,24);1H. The van der Waals surface area contributed by atoms with E-state index in [1.807, 2.05) is 23.6 Å². The summed E-state index contributed by atoms with van der Waals surface area (Å²) in [6.07, 6.45) is 0. The number of aromatic nitrogens is 1. The Balaban J connectivity index is 0.00000196. The Bertz CT molecular complexity index is 1080. The molecular weight excluding hydrogens is 406 g/mol. The van der Waals surface area contributed by atoms with E-state index < -0.39 is 0 Å². The van der Waals surface area contributed by atoms with Crippen LogP contribution in [0.4, 0.5) is 5.13 Å². The fourth-order valence-corrected chi connectivity index (χ4v) is 3.57. The van der Waals surface area contributed by atoms with Crippen LogP contribution in [0, 0.1) is 11.3 Å². The van der Waals surface area contributed by atoms with E-state index in [4.69, 9.17) is 5.26 Å². The molecule has 5 heteroatoms. The zero-order chi connectivity index (χ0) is 17.1. The fraction of sp³-hybridized carbons (Fsp3) is 0.0476. The Morgan fingerprint density at radius 2 is 1.81 bits per heavy atom. The van der Waals surface area contributed by atoms with Gasteiger partial charge in [-0.15, -0.1) is 28.3 Å². The molecule has 0 radical (unpaired) electrons. The van der Waals surface area contributed by atoms with Gasteiger partial charge in [-0.25, -0.2) is 4.98 Å². The predicted molar refractivity (Wildman–Crippen MR) is 114 cm³/mol. The van der Waals surface area contributed by atoms with Crippen molar-refractivity contribution in [2.75, 3.05) is 5.32 Å². The van der Waals surface area contributed by atoms with Crippen LogP contribution in [0.5, 0.6) is 0 Å². The van der Waals surface area contributed by atoms with Gasteiger partial charge in [0.25, 0.3) is 0 Å². The summed E-state index contributed by atoms with van der Waals surface area (Å²) in [7, 11) is 0. The Hall–Kier alpha value is -2.68. The maximum absolute atomic E-state index is 9.03. The molecule has 4 rings (SSSR count). The van der Waals surface area contributed by atoms with E-state index in [-0.39, 0.29) is 17.0 Å². The van der Waals surface area contributed by atoms with E-state index in [1.165, 1.54) is 16.3 Å². The van der Waals surface area contributed by atoms with Gasteiger partial charge in [0.15, 0.2) is 5.13 Å². The van der Waals surface area contributed by atoms with E-state index in [9.17, 15) is 0 Å². The van der Waals surface area contributed by atoms with Gasteiger partial charge in [-0.1, -0.05) is 54.6 Å². The molecule has 0 atom stereocenters. The monoisotopic (exact) mass is 421 g/mol. The molecule has 1 N–H and O–H groups in total. The van der Waals surface area contributed by atoms with Gasteiger partial charge >= 0.3 is 0 Å². The molecule has 4 aromatic rings. The number of anilines is 1. The second kappa shape index (κ2) is 8.13. The highest BCUT2D eigenvalue weighted by Crippen LogP contribution is 2.26. The van der Waals surface area contributed by atoms with E-state index in [1.54, 1.807) is 17.4 Å². The van der Waals surface area contributed by atoms with Crippen molar-refractivity contribution in [2.24, 2.45) is 0 Å². The van der Waals surface area contributed by atoms with Crippen LogP contribution < -0.4 is 5.32 Å². The highest BCUT2D eigenvalue weighted by molar-refractivity contribution is 8.93. The normalized spacial score (nSPS) is 10.1. The predicted octanol–water partition coefficient (Wildman–Crippen LogP) is 6.02. The minimum absolute atomic E-state index is 0. The lowest BCUT2D eigenvalue weighted by molar-refractivity contribution is 1.15. The van der Waals surface area contributed by atoms with E-state index in [2.05, 4.69) is 58.8 Å². The largest absolute Gasteiger partial charge is 0.357 e. The third-order valence-corrected chi connectivity index (χ3v) is 4.90. The van der Waals surface area contributed by atoms with Gasteiger partial charge in [-0.05, 0) is 28.5 Å². The molecule has 0 saturated carbocycles. The number of nitriles is 1. The van der Waals surface area contributed by atoms with Gasteiger partial charge in [0.05, 0.1) is 17.3 Å². The van der Waals surface area contributed by atoms with Crippen molar-refractivity contribution >= 4 is 44.2 Å². The summed E-state index contributed by atoms with van der Waals surface area (Å²) in [6, 6.07) is 24.4. The van der Waals surface area contributed by atoms with Crippen molar-refractivity contribution in [1.29, 1.82) is 5.26 Å². The SMILES string of the molecule is Br.N#Cc1cccc(-c2csc(NCc3cccc4ccccc34)n2)c1. The number of nitrogens with zero attached hydrogens (tertiary/aromatic N) is 2. The second-order valence-electron chi connectivity index (χ2n) is 5.72. The molecule has 0 aliphatic rings. The molecular formula is C21H16BrN3S. The van der Waals surface area contributed by atoms with Crippen molar-refractivity contribution in [3.05, 3.63) is 83.2 Å². The Kier molecular flexibility index (Phi) is 5.67. The molecule has 0 aliphatic heterocycles. The van der Waals surface area contributed by atoms with Crippen molar-refractivity contribution in [3.8, 4) is 17.3 Å². The Morgan fingerprint density at radius 3 is 2.69 bits per heavy atom. The molecule has 128 valence electrons. The molecule has 0 fully saturated rings. The number of hydrogen-bond acceptors (Lipinski definition) is 4. The lowest BCUT2D eigenvalue weighted by atomic mass is 10.0. The summed E-state index contributed by atoms with van der Waals surface area (Å²) in [6.45, 7) is 0.729. The van der Waals surface area contributed by atoms with Crippen LogP contribution in [0.2, 0.25) is 0 Å². The molecule has 26 heavy (non-hydrogen) atoms. The van der Waals surface area contributed by atoms with Gasteiger partial charge in [0, 0.05) is 17.5 Å². The smallest absolute Gasteiger partial charge is 0.183 e. The molecule has 0 bridgehead atoms. The molecule has 1 aromatic heterocycles. The van der Waals surface area contributed by atoms with Crippen LogP contribution in [0.3, 0.4) is 0 Å². The average Bonchev–Trinajstić information content (AvgIpc) is 3.15. The zero-order valence-electron chi connectivity index (χ0n) is 13.8. The van der Waals surface area contributed by atoms with Crippen LogP contribution in [-0.2, 0) is 6.54 Å². The minimum atomic E-state index is 0. The molecule has 3 nitrogen and oxygen atoms in total. The topological polar surface area (TPSA) is 48.7 Å². The summed E-state index contributed by atoms with van der Waals surface area (Å²) in [4.78, 5) is 4.65. The number of halogens is 1.